The smallest absolute Gasteiger partial charge is 0.364 e. The number of fused-ring (bicyclic) bond motifs is 1. The fraction of sp³-hybridized carbons (Fsp3) is 0.643. The highest BCUT2D eigenvalue weighted by molar-refractivity contribution is 5.61. The van der Waals surface area contributed by atoms with Crippen LogP contribution in [-0.2, 0) is 0 Å². The van der Waals surface area contributed by atoms with Gasteiger partial charge in [-0.05, 0) is 38.8 Å². The highest BCUT2D eigenvalue weighted by atomic mass is 19.4. The molecule has 0 amide bonds. The molecule has 3 heterocycles. The first kappa shape index (κ1) is 16.0. The molecule has 0 aromatic carbocycles. The monoisotopic (exact) mass is 328 g/mol. The van der Waals surface area contributed by atoms with Crippen LogP contribution in [0, 0.1) is 5.92 Å². The highest BCUT2D eigenvalue weighted by Gasteiger charge is 2.33. The van der Waals surface area contributed by atoms with Crippen LogP contribution in [0.15, 0.2) is 18.7 Å². The van der Waals surface area contributed by atoms with E-state index in [2.05, 4.69) is 20.5 Å². The molecule has 1 atom stereocenters. The van der Waals surface area contributed by atoms with Crippen LogP contribution < -0.4 is 5.32 Å². The van der Waals surface area contributed by atoms with Gasteiger partial charge in [-0.15, -0.1) is 10.2 Å². The molecule has 6 nitrogen and oxygen atoms in total. The molecule has 1 saturated heterocycles. The lowest BCUT2D eigenvalue weighted by molar-refractivity contribution is -0.148. The van der Waals surface area contributed by atoms with Crippen LogP contribution in [0.2, 0.25) is 0 Å². The first-order chi connectivity index (χ1) is 10.9. The van der Waals surface area contributed by atoms with E-state index in [9.17, 15) is 13.2 Å². The van der Waals surface area contributed by atoms with Gasteiger partial charge in [0.1, 0.15) is 6.33 Å². The van der Waals surface area contributed by atoms with Gasteiger partial charge in [-0.3, -0.25) is 9.30 Å². The van der Waals surface area contributed by atoms with Crippen molar-refractivity contribution in [3.8, 4) is 0 Å². The maximum Gasteiger partial charge on any atom is 0.401 e. The van der Waals surface area contributed by atoms with Gasteiger partial charge in [-0.25, -0.2) is 4.98 Å². The van der Waals surface area contributed by atoms with E-state index in [4.69, 9.17) is 0 Å². The molecule has 2 aromatic heterocycles. The molecule has 1 fully saturated rings. The van der Waals surface area contributed by atoms with Crippen LogP contribution in [0.25, 0.3) is 5.65 Å². The number of halogens is 3. The van der Waals surface area contributed by atoms with Gasteiger partial charge in [-0.2, -0.15) is 13.2 Å². The molecule has 1 aliphatic heterocycles. The average molecular weight is 328 g/mol. The van der Waals surface area contributed by atoms with E-state index < -0.39 is 12.7 Å². The molecule has 1 aliphatic rings. The number of nitrogens with zero attached hydrogens (tertiary/aromatic N) is 5. The van der Waals surface area contributed by atoms with Gasteiger partial charge in [0.15, 0.2) is 5.82 Å². The molecule has 0 bridgehead atoms. The lowest BCUT2D eigenvalue weighted by Gasteiger charge is -2.35. The third-order valence-electron chi connectivity index (χ3n) is 4.32. The maximum absolute atomic E-state index is 12.4. The highest BCUT2D eigenvalue weighted by Crippen LogP contribution is 2.26. The molecule has 0 saturated carbocycles. The Morgan fingerprint density at radius 3 is 2.78 bits per heavy atom. The van der Waals surface area contributed by atoms with Gasteiger partial charge < -0.3 is 5.32 Å². The molecule has 126 valence electrons. The molecule has 0 spiro atoms. The van der Waals surface area contributed by atoms with E-state index in [1.165, 1.54) is 4.90 Å². The number of hydrogen-bond acceptors (Lipinski definition) is 5. The predicted molar refractivity (Wildman–Crippen MR) is 79.1 cm³/mol. The summed E-state index contributed by atoms with van der Waals surface area (Å²) in [5, 5.41) is 11.2. The largest absolute Gasteiger partial charge is 0.401 e. The molecule has 1 N–H and O–H groups in total. The van der Waals surface area contributed by atoms with Gasteiger partial charge >= 0.3 is 6.18 Å². The zero-order chi connectivity index (χ0) is 16.4. The van der Waals surface area contributed by atoms with E-state index in [1.54, 1.807) is 23.1 Å². The van der Waals surface area contributed by atoms with Crippen molar-refractivity contribution in [3.05, 3.63) is 18.7 Å². The zero-order valence-electron chi connectivity index (χ0n) is 12.8. The van der Waals surface area contributed by atoms with Crippen LogP contribution in [0.3, 0.4) is 0 Å². The number of likely N-dealkylation sites (tertiary alicyclic amines) is 1. The van der Waals surface area contributed by atoms with E-state index in [1.807, 2.05) is 6.92 Å². The van der Waals surface area contributed by atoms with Gasteiger partial charge in [-0.1, -0.05) is 0 Å². The number of alkyl halides is 3. The molecule has 2 aromatic rings. The Kier molecular flexibility index (Phi) is 4.38. The summed E-state index contributed by atoms with van der Waals surface area (Å²) in [5.74, 6) is 0.958. The molecule has 0 radical (unpaired) electrons. The Morgan fingerprint density at radius 2 is 2.09 bits per heavy atom. The van der Waals surface area contributed by atoms with E-state index in [0.29, 0.717) is 30.5 Å². The van der Waals surface area contributed by atoms with Crippen LogP contribution in [0.4, 0.5) is 19.0 Å². The van der Waals surface area contributed by atoms with E-state index >= 15 is 0 Å². The third kappa shape index (κ3) is 3.90. The third-order valence-corrected chi connectivity index (χ3v) is 4.32. The Balaban J connectivity index is 1.58. The number of aromatic nitrogens is 4. The van der Waals surface area contributed by atoms with Gasteiger partial charge in [0.05, 0.1) is 6.54 Å². The summed E-state index contributed by atoms with van der Waals surface area (Å²) in [6.07, 6.45) is 2.38. The number of nitrogens with one attached hydrogen (secondary N) is 1. The minimum Gasteiger partial charge on any atom is -0.364 e. The quantitative estimate of drug-likeness (QED) is 0.932. The van der Waals surface area contributed by atoms with Gasteiger partial charge in [0.25, 0.3) is 0 Å². The van der Waals surface area contributed by atoms with E-state index in [0.717, 1.165) is 12.8 Å². The van der Waals surface area contributed by atoms with Gasteiger partial charge in [0.2, 0.25) is 5.65 Å². The molecule has 3 rings (SSSR count). The van der Waals surface area contributed by atoms with Crippen molar-refractivity contribution in [2.45, 2.75) is 32.0 Å². The summed E-state index contributed by atoms with van der Waals surface area (Å²) in [7, 11) is 0. The van der Waals surface area contributed by atoms with Crippen molar-refractivity contribution >= 4 is 11.5 Å². The van der Waals surface area contributed by atoms with Crippen molar-refractivity contribution in [1.29, 1.82) is 0 Å². The SMILES string of the molecule is CC(Nc1nccn2cnnc12)C1CCN(CC(F)(F)F)CC1. The molecule has 9 heteroatoms. The van der Waals surface area contributed by atoms with Crippen molar-refractivity contribution < 1.29 is 13.2 Å². The lowest BCUT2D eigenvalue weighted by atomic mass is 9.90. The topological polar surface area (TPSA) is 58.4 Å². The lowest BCUT2D eigenvalue weighted by Crippen LogP contribution is -2.43. The van der Waals surface area contributed by atoms with Crippen LogP contribution >= 0.6 is 0 Å². The van der Waals surface area contributed by atoms with E-state index in [-0.39, 0.29) is 6.04 Å². The molecular weight excluding hydrogens is 309 g/mol. The van der Waals surface area contributed by atoms with Crippen molar-refractivity contribution in [1.82, 2.24) is 24.5 Å². The van der Waals surface area contributed by atoms with Crippen LogP contribution in [0.1, 0.15) is 19.8 Å². The molecule has 0 aliphatic carbocycles. The fourth-order valence-corrected chi connectivity index (χ4v) is 3.06. The Morgan fingerprint density at radius 1 is 1.35 bits per heavy atom. The predicted octanol–water partition coefficient (Wildman–Crippen LogP) is 2.20. The summed E-state index contributed by atoms with van der Waals surface area (Å²) in [4.78, 5) is 5.76. The van der Waals surface area contributed by atoms with Gasteiger partial charge in [0, 0.05) is 18.4 Å². The van der Waals surface area contributed by atoms with Crippen molar-refractivity contribution in [2.75, 3.05) is 25.0 Å². The fourth-order valence-electron chi connectivity index (χ4n) is 3.06. The molecular formula is C14H19F3N6. The Labute approximate surface area is 131 Å². The van der Waals surface area contributed by atoms with Crippen molar-refractivity contribution in [3.63, 3.8) is 0 Å². The average Bonchev–Trinajstić information content (AvgIpc) is 2.96. The number of piperidine rings is 1. The van der Waals surface area contributed by atoms with Crippen LogP contribution in [-0.4, -0.2) is 56.3 Å². The zero-order valence-corrected chi connectivity index (χ0v) is 12.8. The van der Waals surface area contributed by atoms with Crippen LogP contribution in [0.5, 0.6) is 0 Å². The summed E-state index contributed by atoms with van der Waals surface area (Å²) in [5.41, 5.74) is 0.647. The van der Waals surface area contributed by atoms with Crippen molar-refractivity contribution in [2.24, 2.45) is 5.92 Å². The summed E-state index contributed by atoms with van der Waals surface area (Å²) >= 11 is 0. The normalized spacial score (nSPS) is 19.1. The minimum absolute atomic E-state index is 0.110. The Bertz CT molecular complexity index is 647. The summed E-state index contributed by atoms with van der Waals surface area (Å²) in [6.45, 7) is 2.16. The second kappa shape index (κ2) is 6.31. The number of hydrogen-bond donors (Lipinski definition) is 1. The number of anilines is 1. The minimum atomic E-state index is -4.12. The Hall–Kier alpha value is -1.90. The first-order valence-corrected chi connectivity index (χ1v) is 7.62. The summed E-state index contributed by atoms with van der Waals surface area (Å²) < 4.78 is 39.0. The standard InChI is InChI=1S/C14H19F3N6/c1-10(11-2-5-22(6-3-11)8-14(15,16)17)20-12-13-21-19-9-23(13)7-4-18-12/h4,7,9-11H,2-3,5-6,8H2,1H3,(H,18,20). The molecule has 1 unspecified atom stereocenters. The first-order valence-electron chi connectivity index (χ1n) is 7.62. The summed E-state index contributed by atoms with van der Waals surface area (Å²) in [6, 6.07) is 0.110. The number of rotatable bonds is 4. The maximum atomic E-state index is 12.4. The second-order valence-corrected chi connectivity index (χ2v) is 6.00. The molecule has 23 heavy (non-hydrogen) atoms. The second-order valence-electron chi connectivity index (χ2n) is 6.00.